The smallest absolute Gasteiger partial charge is 0.0596 e. The van der Waals surface area contributed by atoms with E-state index in [1.165, 1.54) is 26.8 Å². The van der Waals surface area contributed by atoms with Crippen LogP contribution in [0.4, 0.5) is 0 Å². The number of benzene rings is 2. The molecule has 0 saturated heterocycles. The Morgan fingerprint density at radius 1 is 1.05 bits per heavy atom. The lowest BCUT2D eigenvalue weighted by molar-refractivity contribution is 0.558. The highest BCUT2D eigenvalue weighted by Gasteiger charge is 2.16. The van der Waals surface area contributed by atoms with Gasteiger partial charge in [-0.3, -0.25) is 11.3 Å². The fourth-order valence-electron chi connectivity index (χ4n) is 2.86. The maximum Gasteiger partial charge on any atom is 0.0596 e. The van der Waals surface area contributed by atoms with Crippen LogP contribution >= 0.6 is 11.3 Å². The molecule has 0 amide bonds. The molecule has 2 nitrogen and oxygen atoms in total. The van der Waals surface area contributed by atoms with Gasteiger partial charge in [0.1, 0.15) is 0 Å². The third kappa shape index (κ3) is 2.86. The number of nitrogens with one attached hydrogen (secondary N) is 1. The van der Waals surface area contributed by atoms with Gasteiger partial charge in [0.25, 0.3) is 0 Å². The van der Waals surface area contributed by atoms with Crippen LogP contribution in [0.2, 0.25) is 0 Å². The first-order valence-corrected chi connectivity index (χ1v) is 8.20. The number of fused-ring (bicyclic) bond motifs is 1. The highest BCUT2D eigenvalue weighted by molar-refractivity contribution is 7.10. The first-order valence-electron chi connectivity index (χ1n) is 7.32. The zero-order valence-electron chi connectivity index (χ0n) is 12.2. The van der Waals surface area contributed by atoms with Crippen molar-refractivity contribution in [1.29, 1.82) is 0 Å². The van der Waals surface area contributed by atoms with Gasteiger partial charge in [-0.25, -0.2) is 0 Å². The Kier molecular flexibility index (Phi) is 4.34. The largest absolute Gasteiger partial charge is 0.271 e. The molecule has 0 spiro atoms. The Hall–Kier alpha value is -1.68. The summed E-state index contributed by atoms with van der Waals surface area (Å²) in [6, 6.07) is 17.4. The summed E-state index contributed by atoms with van der Waals surface area (Å²) in [5.74, 6) is 5.84. The second-order valence-electron chi connectivity index (χ2n) is 5.23. The molecule has 1 unspecified atom stereocenters. The molecule has 3 rings (SSSR count). The van der Waals surface area contributed by atoms with E-state index in [1.54, 1.807) is 11.3 Å². The number of hydrogen-bond donors (Lipinski definition) is 2. The molecular formula is C18H20N2S. The molecule has 108 valence electrons. The van der Waals surface area contributed by atoms with Crippen molar-refractivity contribution in [1.82, 2.24) is 5.43 Å². The average molecular weight is 296 g/mol. The maximum atomic E-state index is 5.84. The van der Waals surface area contributed by atoms with E-state index in [0.29, 0.717) is 0 Å². The standard InChI is InChI=1S/C18H20N2S/c1-2-13-10-11-21-18(13)17(20-19)12-15-8-5-7-14-6-3-4-9-16(14)15/h3-11,17,20H,2,12,19H2,1H3. The van der Waals surface area contributed by atoms with Crippen molar-refractivity contribution < 1.29 is 0 Å². The number of hydrazine groups is 1. The first kappa shape index (κ1) is 14.3. The van der Waals surface area contributed by atoms with Crippen molar-refractivity contribution in [3.8, 4) is 0 Å². The van der Waals surface area contributed by atoms with Crippen LogP contribution in [-0.4, -0.2) is 0 Å². The van der Waals surface area contributed by atoms with Gasteiger partial charge in [0, 0.05) is 4.88 Å². The summed E-state index contributed by atoms with van der Waals surface area (Å²) < 4.78 is 0. The summed E-state index contributed by atoms with van der Waals surface area (Å²) in [4.78, 5) is 1.35. The Labute approximate surface area is 129 Å². The van der Waals surface area contributed by atoms with Crippen LogP contribution in [0.25, 0.3) is 10.8 Å². The third-order valence-electron chi connectivity index (χ3n) is 3.98. The minimum Gasteiger partial charge on any atom is -0.271 e. The van der Waals surface area contributed by atoms with Crippen molar-refractivity contribution in [2.24, 2.45) is 5.84 Å². The number of nitrogens with two attached hydrogens (primary N) is 1. The van der Waals surface area contributed by atoms with Gasteiger partial charge in [-0.1, -0.05) is 49.4 Å². The second kappa shape index (κ2) is 6.39. The Bertz CT molecular complexity index is 727. The summed E-state index contributed by atoms with van der Waals surface area (Å²) in [6.45, 7) is 2.19. The predicted molar refractivity (Wildman–Crippen MR) is 91.4 cm³/mol. The van der Waals surface area contributed by atoms with Crippen LogP contribution in [0.3, 0.4) is 0 Å². The summed E-state index contributed by atoms with van der Waals surface area (Å²) in [7, 11) is 0. The molecule has 0 radical (unpaired) electrons. The molecule has 21 heavy (non-hydrogen) atoms. The molecule has 2 aromatic carbocycles. The highest BCUT2D eigenvalue weighted by Crippen LogP contribution is 2.29. The fourth-order valence-corrected chi connectivity index (χ4v) is 3.92. The molecule has 0 saturated carbocycles. The van der Waals surface area contributed by atoms with Gasteiger partial charge in [-0.15, -0.1) is 11.3 Å². The van der Waals surface area contributed by atoms with E-state index >= 15 is 0 Å². The van der Waals surface area contributed by atoms with E-state index in [0.717, 1.165) is 12.8 Å². The molecule has 0 aliphatic carbocycles. The van der Waals surface area contributed by atoms with E-state index in [4.69, 9.17) is 5.84 Å². The summed E-state index contributed by atoms with van der Waals surface area (Å²) >= 11 is 1.79. The Balaban J connectivity index is 1.96. The molecular weight excluding hydrogens is 276 g/mol. The van der Waals surface area contributed by atoms with Crippen molar-refractivity contribution in [3.63, 3.8) is 0 Å². The maximum absolute atomic E-state index is 5.84. The number of thiophene rings is 1. The number of aryl methyl sites for hydroxylation is 1. The lowest BCUT2D eigenvalue weighted by atomic mass is 9.97. The van der Waals surface area contributed by atoms with Crippen LogP contribution in [0.15, 0.2) is 53.9 Å². The van der Waals surface area contributed by atoms with Gasteiger partial charge in [0.15, 0.2) is 0 Å². The summed E-state index contributed by atoms with van der Waals surface area (Å²) in [5.41, 5.74) is 5.73. The lowest BCUT2D eigenvalue weighted by Crippen LogP contribution is -2.29. The van der Waals surface area contributed by atoms with Crippen LogP contribution in [-0.2, 0) is 12.8 Å². The van der Waals surface area contributed by atoms with Crippen molar-refractivity contribution in [2.45, 2.75) is 25.8 Å². The van der Waals surface area contributed by atoms with Crippen LogP contribution < -0.4 is 11.3 Å². The molecule has 1 atom stereocenters. The predicted octanol–water partition coefficient (Wildman–Crippen LogP) is 4.21. The Morgan fingerprint density at radius 3 is 2.67 bits per heavy atom. The van der Waals surface area contributed by atoms with E-state index in [1.807, 2.05) is 0 Å². The molecule has 0 fully saturated rings. The van der Waals surface area contributed by atoms with Gasteiger partial charge in [0.2, 0.25) is 0 Å². The molecule has 3 heteroatoms. The van der Waals surface area contributed by atoms with Gasteiger partial charge >= 0.3 is 0 Å². The molecule has 0 aliphatic rings. The zero-order valence-corrected chi connectivity index (χ0v) is 13.0. The van der Waals surface area contributed by atoms with E-state index in [9.17, 15) is 0 Å². The highest BCUT2D eigenvalue weighted by atomic mass is 32.1. The van der Waals surface area contributed by atoms with E-state index < -0.39 is 0 Å². The van der Waals surface area contributed by atoms with Gasteiger partial charge < -0.3 is 0 Å². The summed E-state index contributed by atoms with van der Waals surface area (Å²) in [5, 5.41) is 4.75. The molecule has 0 bridgehead atoms. The van der Waals surface area contributed by atoms with Crippen molar-refractivity contribution in [3.05, 3.63) is 69.9 Å². The SMILES string of the molecule is CCc1ccsc1C(Cc1cccc2ccccc12)NN. The van der Waals surface area contributed by atoms with Crippen LogP contribution in [0, 0.1) is 0 Å². The van der Waals surface area contributed by atoms with E-state index in [-0.39, 0.29) is 6.04 Å². The number of hydrogen-bond acceptors (Lipinski definition) is 3. The fraction of sp³-hybridized carbons (Fsp3) is 0.222. The topological polar surface area (TPSA) is 38.0 Å². The van der Waals surface area contributed by atoms with Crippen molar-refractivity contribution >= 4 is 22.1 Å². The minimum absolute atomic E-state index is 0.172. The molecule has 1 heterocycles. The quantitative estimate of drug-likeness (QED) is 0.547. The second-order valence-corrected chi connectivity index (χ2v) is 6.17. The number of rotatable bonds is 5. The molecule has 3 N–H and O–H groups in total. The molecule has 0 aliphatic heterocycles. The van der Waals surface area contributed by atoms with Crippen LogP contribution in [0.1, 0.15) is 29.0 Å². The van der Waals surface area contributed by atoms with Gasteiger partial charge in [0.05, 0.1) is 6.04 Å². The monoisotopic (exact) mass is 296 g/mol. The van der Waals surface area contributed by atoms with Gasteiger partial charge in [-0.2, -0.15) is 0 Å². The van der Waals surface area contributed by atoms with Crippen LogP contribution in [0.5, 0.6) is 0 Å². The normalized spacial score (nSPS) is 12.7. The summed E-state index contributed by atoms with van der Waals surface area (Å²) in [6.07, 6.45) is 1.96. The average Bonchev–Trinajstić information content (AvgIpc) is 3.01. The zero-order chi connectivity index (χ0) is 14.7. The molecule has 1 aromatic heterocycles. The lowest BCUT2D eigenvalue weighted by Gasteiger charge is -2.17. The first-order chi connectivity index (χ1) is 10.3. The molecule has 3 aromatic rings. The van der Waals surface area contributed by atoms with Crippen molar-refractivity contribution in [2.75, 3.05) is 0 Å². The Morgan fingerprint density at radius 2 is 1.86 bits per heavy atom. The van der Waals surface area contributed by atoms with Gasteiger partial charge in [-0.05, 0) is 46.2 Å². The van der Waals surface area contributed by atoms with E-state index in [2.05, 4.69) is 66.3 Å². The minimum atomic E-state index is 0.172. The third-order valence-corrected chi connectivity index (χ3v) is 5.06.